The second-order valence-electron chi connectivity index (χ2n) is 4.69. The van der Waals surface area contributed by atoms with Crippen molar-refractivity contribution in [3.05, 3.63) is 102 Å². The third-order valence-corrected chi connectivity index (χ3v) is 9.09. The molecule has 0 aromatic heterocycles. The third kappa shape index (κ3) is 4.60. The van der Waals surface area contributed by atoms with Crippen molar-refractivity contribution in [2.24, 2.45) is 0 Å². The number of rotatable bonds is 5. The quantitative estimate of drug-likeness (QED) is 0.511. The summed E-state index contributed by atoms with van der Waals surface area (Å²) >= 11 is 0.0509. The van der Waals surface area contributed by atoms with Gasteiger partial charge in [-0.05, 0) is 0 Å². The summed E-state index contributed by atoms with van der Waals surface area (Å²) in [6.45, 7) is 0. The molecule has 0 saturated heterocycles. The summed E-state index contributed by atoms with van der Waals surface area (Å²) < 4.78 is 4.47. The molecule has 3 aromatic rings. The normalized spacial score (nSPS) is 11.4. The molecular formula is C20H16SeTe. The molecule has 0 fully saturated rings. The van der Waals surface area contributed by atoms with Crippen molar-refractivity contribution in [1.29, 1.82) is 0 Å². The molecule has 0 saturated carbocycles. The summed E-state index contributed by atoms with van der Waals surface area (Å²) in [6.07, 6.45) is 0. The maximum absolute atomic E-state index is 2.48. The first kappa shape index (κ1) is 15.6. The van der Waals surface area contributed by atoms with Crippen LogP contribution < -0.4 is 8.07 Å². The molecule has 0 N–H and O–H groups in total. The van der Waals surface area contributed by atoms with E-state index in [9.17, 15) is 0 Å². The van der Waals surface area contributed by atoms with Crippen molar-refractivity contribution in [3.8, 4) is 0 Å². The molecule has 0 aliphatic carbocycles. The Bertz CT molecular complexity index is 721. The van der Waals surface area contributed by atoms with E-state index in [0.29, 0.717) is 15.0 Å². The van der Waals surface area contributed by atoms with Crippen molar-refractivity contribution < 1.29 is 0 Å². The Balaban J connectivity index is 1.86. The molecule has 0 heterocycles. The van der Waals surface area contributed by atoms with Gasteiger partial charge in [0.05, 0.1) is 0 Å². The van der Waals surface area contributed by atoms with E-state index in [1.807, 2.05) is 0 Å². The Morgan fingerprint density at radius 3 is 1.86 bits per heavy atom. The van der Waals surface area contributed by atoms with Crippen molar-refractivity contribution >= 4 is 47.6 Å². The third-order valence-electron chi connectivity index (χ3n) is 3.07. The number of hydrogen-bond donors (Lipinski definition) is 0. The zero-order valence-corrected chi connectivity index (χ0v) is 16.1. The molecule has 0 aliphatic rings. The average molecular weight is 463 g/mol. The van der Waals surface area contributed by atoms with Crippen LogP contribution in [0.4, 0.5) is 0 Å². The van der Waals surface area contributed by atoms with Gasteiger partial charge in [0.25, 0.3) is 0 Å². The van der Waals surface area contributed by atoms with Crippen LogP contribution >= 0.6 is 0 Å². The van der Waals surface area contributed by atoms with Gasteiger partial charge in [-0.3, -0.25) is 0 Å². The molecule has 0 atom stereocenters. The van der Waals surface area contributed by atoms with Crippen LogP contribution in [-0.4, -0.2) is 35.9 Å². The monoisotopic (exact) mass is 466 g/mol. The molecule has 2 heteroatoms. The van der Waals surface area contributed by atoms with E-state index in [-0.39, 0.29) is 20.9 Å². The first-order valence-electron chi connectivity index (χ1n) is 7.12. The van der Waals surface area contributed by atoms with Crippen molar-refractivity contribution in [2.75, 3.05) is 0 Å². The van der Waals surface area contributed by atoms with Crippen LogP contribution in [0, 0.1) is 0 Å². The van der Waals surface area contributed by atoms with Gasteiger partial charge < -0.3 is 0 Å². The SMILES string of the molecule is C(/[Se]c1ccccc1)=C(/[Te]c1ccccc1)c1ccccc1. The predicted molar refractivity (Wildman–Crippen MR) is 98.1 cm³/mol. The second kappa shape index (κ2) is 8.37. The van der Waals surface area contributed by atoms with Crippen molar-refractivity contribution in [2.45, 2.75) is 0 Å². The van der Waals surface area contributed by atoms with Crippen LogP contribution in [0.3, 0.4) is 0 Å². The Hall–Kier alpha value is -1.29. The van der Waals surface area contributed by atoms with Gasteiger partial charge in [-0.15, -0.1) is 0 Å². The predicted octanol–water partition coefficient (Wildman–Crippen LogP) is 3.04. The molecule has 0 spiro atoms. The van der Waals surface area contributed by atoms with E-state index in [4.69, 9.17) is 0 Å². The Labute approximate surface area is 148 Å². The maximum atomic E-state index is 2.48. The van der Waals surface area contributed by atoms with E-state index >= 15 is 0 Å². The van der Waals surface area contributed by atoms with Crippen LogP contribution in [-0.2, 0) is 0 Å². The fourth-order valence-corrected chi connectivity index (χ4v) is 7.26. The summed E-state index contributed by atoms with van der Waals surface area (Å²) in [6, 6.07) is 32.5. The molecular weight excluding hydrogens is 447 g/mol. The minimum atomic E-state index is -0.344. The molecule has 22 heavy (non-hydrogen) atoms. The zero-order valence-electron chi connectivity index (χ0n) is 12.1. The van der Waals surface area contributed by atoms with Crippen LogP contribution in [0.15, 0.2) is 96.0 Å². The van der Waals surface area contributed by atoms with Gasteiger partial charge in [-0.25, -0.2) is 0 Å². The van der Waals surface area contributed by atoms with Crippen LogP contribution in [0.5, 0.6) is 0 Å². The van der Waals surface area contributed by atoms with E-state index in [2.05, 4.69) is 96.0 Å². The van der Waals surface area contributed by atoms with Crippen molar-refractivity contribution in [3.63, 3.8) is 0 Å². The summed E-state index contributed by atoms with van der Waals surface area (Å²) in [4.78, 5) is 2.48. The molecule has 0 nitrogen and oxygen atoms in total. The summed E-state index contributed by atoms with van der Waals surface area (Å²) in [7, 11) is 0. The van der Waals surface area contributed by atoms with E-state index in [1.165, 1.54) is 13.6 Å². The number of benzene rings is 3. The fourth-order valence-electron chi connectivity index (χ4n) is 1.99. The molecule has 3 rings (SSSR count). The minimum absolute atomic E-state index is 0.344. The van der Waals surface area contributed by atoms with Gasteiger partial charge in [-0.2, -0.15) is 0 Å². The summed E-state index contributed by atoms with van der Waals surface area (Å²) in [5.41, 5.74) is 1.38. The average Bonchev–Trinajstić information content (AvgIpc) is 2.61. The van der Waals surface area contributed by atoms with Gasteiger partial charge >= 0.3 is 149 Å². The van der Waals surface area contributed by atoms with Crippen molar-refractivity contribution in [1.82, 2.24) is 0 Å². The van der Waals surface area contributed by atoms with E-state index in [0.717, 1.165) is 0 Å². The summed E-state index contributed by atoms with van der Waals surface area (Å²) in [5, 5.41) is 0. The number of hydrogen-bond acceptors (Lipinski definition) is 0. The van der Waals surface area contributed by atoms with Gasteiger partial charge in [0.15, 0.2) is 0 Å². The first-order chi connectivity index (χ1) is 10.9. The molecule has 0 amide bonds. The molecule has 0 unspecified atom stereocenters. The zero-order chi connectivity index (χ0) is 15.0. The Morgan fingerprint density at radius 1 is 0.682 bits per heavy atom. The first-order valence-corrected chi connectivity index (χ1v) is 11.3. The van der Waals surface area contributed by atoms with Crippen LogP contribution in [0.1, 0.15) is 5.56 Å². The molecule has 108 valence electrons. The van der Waals surface area contributed by atoms with Gasteiger partial charge in [0.2, 0.25) is 0 Å². The van der Waals surface area contributed by atoms with Gasteiger partial charge in [0.1, 0.15) is 0 Å². The van der Waals surface area contributed by atoms with Crippen LogP contribution in [0.25, 0.3) is 3.62 Å². The topological polar surface area (TPSA) is 0 Å². The standard InChI is InChI=1S/C20H16SeTe/c1-4-10-17(11-5-1)20(22-19-14-8-3-9-15-19)16-21-18-12-6-2-7-13-18/h1-16H/b20-16-. The molecule has 0 bridgehead atoms. The second-order valence-corrected chi connectivity index (χ2v) is 9.86. The Morgan fingerprint density at radius 2 is 1.23 bits per heavy atom. The van der Waals surface area contributed by atoms with E-state index in [1.54, 1.807) is 3.62 Å². The molecule has 3 aromatic carbocycles. The van der Waals surface area contributed by atoms with Crippen LogP contribution in [0.2, 0.25) is 0 Å². The fraction of sp³-hybridized carbons (Fsp3) is 0. The van der Waals surface area contributed by atoms with Gasteiger partial charge in [-0.1, -0.05) is 0 Å². The molecule has 0 radical (unpaired) electrons. The summed E-state index contributed by atoms with van der Waals surface area (Å²) in [5.74, 6) is 0. The Kier molecular flexibility index (Phi) is 5.93. The van der Waals surface area contributed by atoms with E-state index < -0.39 is 0 Å². The van der Waals surface area contributed by atoms with Gasteiger partial charge in [0, 0.05) is 0 Å². The molecule has 0 aliphatic heterocycles.